The van der Waals surface area contributed by atoms with Gasteiger partial charge < -0.3 is 4.74 Å². The molecule has 0 bridgehead atoms. The molecule has 2 rings (SSSR count). The van der Waals surface area contributed by atoms with Gasteiger partial charge in [0.15, 0.2) is 0 Å². The van der Waals surface area contributed by atoms with Crippen molar-refractivity contribution in [2.24, 2.45) is 0 Å². The molecular weight excluding hydrogens is 340 g/mol. The minimum atomic E-state index is -4.19. The second-order valence-electron chi connectivity index (χ2n) is 4.37. The minimum absolute atomic E-state index is 0.0779. The molecule has 2 aromatic rings. The second-order valence-corrected chi connectivity index (χ2v) is 6.26. The van der Waals surface area contributed by atoms with Gasteiger partial charge >= 0.3 is 16.3 Å². The van der Waals surface area contributed by atoms with Gasteiger partial charge in [-0.05, 0) is 24.3 Å². The molecule has 23 heavy (non-hydrogen) atoms. The average molecular weight is 355 g/mol. The molecule has 0 aliphatic rings. The van der Waals surface area contributed by atoms with Crippen LogP contribution < -0.4 is 9.03 Å². The summed E-state index contributed by atoms with van der Waals surface area (Å²) in [6.45, 7) is -0.0837. The second kappa shape index (κ2) is 7.85. The summed E-state index contributed by atoms with van der Waals surface area (Å²) in [5, 5.41) is 0. The first-order valence-electron chi connectivity index (χ1n) is 6.70. The Labute approximate surface area is 139 Å². The fraction of sp³-hybridized carbons (Fsp3) is 0.133. The number of carbonyl (C=O) groups is 1. The molecule has 0 fully saturated rings. The molecule has 0 atom stereocenters. The summed E-state index contributed by atoms with van der Waals surface area (Å²) in [6.07, 6.45) is -1.08. The van der Waals surface area contributed by atoms with Crippen LogP contribution in [-0.2, 0) is 14.9 Å². The maximum atomic E-state index is 12.6. The molecule has 0 spiro atoms. The van der Waals surface area contributed by atoms with E-state index in [0.717, 1.165) is 4.31 Å². The van der Waals surface area contributed by atoms with E-state index in [9.17, 15) is 13.2 Å². The van der Waals surface area contributed by atoms with E-state index in [-0.39, 0.29) is 12.5 Å². The Balaban J connectivity index is 2.36. The van der Waals surface area contributed by atoms with E-state index >= 15 is 0 Å². The summed E-state index contributed by atoms with van der Waals surface area (Å²) in [5.41, 5.74) is 0.771. The first-order valence-corrected chi connectivity index (χ1v) is 8.68. The third-order valence-corrected chi connectivity index (χ3v) is 4.23. The largest absolute Gasteiger partial charge is 0.448 e. The van der Waals surface area contributed by atoms with E-state index in [1.54, 1.807) is 60.7 Å². The van der Waals surface area contributed by atoms with Crippen molar-refractivity contribution >= 4 is 39.3 Å². The zero-order chi connectivity index (χ0) is 16.7. The lowest BCUT2D eigenvalue weighted by Crippen LogP contribution is -2.41. The van der Waals surface area contributed by atoms with Gasteiger partial charge in [-0.25, -0.2) is 13.8 Å². The van der Waals surface area contributed by atoms with Crippen LogP contribution >= 0.6 is 11.6 Å². The number of nitrogens with one attached hydrogen (secondary N) is 1. The Kier molecular flexibility index (Phi) is 5.84. The average Bonchev–Trinajstić information content (AvgIpc) is 2.54. The summed E-state index contributed by atoms with van der Waals surface area (Å²) >= 11 is 5.41. The van der Waals surface area contributed by atoms with Crippen LogP contribution in [0.3, 0.4) is 0 Å². The van der Waals surface area contributed by atoms with Crippen molar-refractivity contribution in [2.45, 2.75) is 0 Å². The number of amides is 1. The molecule has 0 aliphatic heterocycles. The first kappa shape index (κ1) is 17.1. The normalized spacial score (nSPS) is 10.8. The molecule has 0 unspecified atom stereocenters. The fourth-order valence-electron chi connectivity index (χ4n) is 1.87. The highest BCUT2D eigenvalue weighted by molar-refractivity contribution is 7.91. The molecule has 0 aromatic heterocycles. The van der Waals surface area contributed by atoms with E-state index in [0.29, 0.717) is 11.4 Å². The highest BCUT2D eigenvalue weighted by Crippen LogP contribution is 2.27. The van der Waals surface area contributed by atoms with Crippen LogP contribution in [0.1, 0.15) is 0 Å². The Morgan fingerprint density at radius 1 is 1.00 bits per heavy atom. The number of carbonyl (C=O) groups excluding carboxylic acids is 1. The Bertz CT molecular complexity index is 699. The number of hydrogen-bond donors (Lipinski definition) is 1. The number of alkyl halides is 1. The van der Waals surface area contributed by atoms with Crippen LogP contribution in [0.25, 0.3) is 0 Å². The summed E-state index contributed by atoms with van der Waals surface area (Å²) in [5.74, 6) is 0.0779. The Hall–Kier alpha value is -2.25. The van der Waals surface area contributed by atoms with Gasteiger partial charge in [0.05, 0.1) is 17.3 Å². The smallest absolute Gasteiger partial charge is 0.422 e. The van der Waals surface area contributed by atoms with Crippen molar-refractivity contribution in [1.29, 1.82) is 0 Å². The van der Waals surface area contributed by atoms with Crippen LogP contribution in [-0.4, -0.2) is 27.0 Å². The molecule has 0 radical (unpaired) electrons. The molecule has 2 aromatic carbocycles. The number of rotatable bonds is 6. The lowest BCUT2D eigenvalue weighted by molar-refractivity contribution is 0.159. The summed E-state index contributed by atoms with van der Waals surface area (Å²) < 4.78 is 32.7. The molecule has 0 aliphatic carbocycles. The van der Waals surface area contributed by atoms with Crippen molar-refractivity contribution in [3.8, 4) is 0 Å². The van der Waals surface area contributed by atoms with Crippen molar-refractivity contribution in [3.63, 3.8) is 0 Å². The third-order valence-electron chi connectivity index (χ3n) is 2.74. The Morgan fingerprint density at radius 2 is 1.48 bits per heavy atom. The molecule has 0 heterocycles. The van der Waals surface area contributed by atoms with Crippen molar-refractivity contribution in [1.82, 2.24) is 4.72 Å². The van der Waals surface area contributed by atoms with E-state index in [2.05, 4.69) is 4.74 Å². The van der Waals surface area contributed by atoms with Gasteiger partial charge in [-0.1, -0.05) is 36.4 Å². The minimum Gasteiger partial charge on any atom is -0.448 e. The highest BCUT2D eigenvalue weighted by atomic mass is 35.5. The van der Waals surface area contributed by atoms with E-state index in [4.69, 9.17) is 11.6 Å². The van der Waals surface area contributed by atoms with Gasteiger partial charge in [0.2, 0.25) is 0 Å². The van der Waals surface area contributed by atoms with Gasteiger partial charge in [-0.15, -0.1) is 11.6 Å². The highest BCUT2D eigenvalue weighted by Gasteiger charge is 2.26. The zero-order valence-corrected chi connectivity index (χ0v) is 13.6. The van der Waals surface area contributed by atoms with Crippen LogP contribution in [0, 0.1) is 0 Å². The summed E-state index contributed by atoms with van der Waals surface area (Å²) in [6, 6.07) is 16.8. The van der Waals surface area contributed by atoms with E-state index in [1.807, 2.05) is 4.72 Å². The van der Waals surface area contributed by atoms with Gasteiger partial charge in [-0.2, -0.15) is 8.42 Å². The van der Waals surface area contributed by atoms with Gasteiger partial charge in [0, 0.05) is 0 Å². The zero-order valence-electron chi connectivity index (χ0n) is 12.1. The maximum Gasteiger partial charge on any atom is 0.422 e. The molecular formula is C15H15ClN2O4S. The maximum absolute atomic E-state index is 12.6. The quantitative estimate of drug-likeness (QED) is 0.809. The number of halogens is 1. The molecule has 1 amide bonds. The molecule has 0 saturated heterocycles. The van der Waals surface area contributed by atoms with E-state index < -0.39 is 16.3 Å². The first-order chi connectivity index (χ1) is 11.0. The molecule has 6 nitrogen and oxygen atoms in total. The SMILES string of the molecule is O=C(NS(=O)(=O)N(c1ccccc1)c1ccccc1)OCCCl. The Morgan fingerprint density at radius 3 is 1.91 bits per heavy atom. The van der Waals surface area contributed by atoms with Crippen molar-refractivity contribution in [2.75, 3.05) is 16.8 Å². The number of nitrogens with zero attached hydrogens (tertiary/aromatic N) is 1. The van der Waals surface area contributed by atoms with Gasteiger partial charge in [-0.3, -0.25) is 0 Å². The van der Waals surface area contributed by atoms with Crippen LogP contribution in [0.4, 0.5) is 16.2 Å². The van der Waals surface area contributed by atoms with Crippen LogP contribution in [0.15, 0.2) is 60.7 Å². The third kappa shape index (κ3) is 4.61. The van der Waals surface area contributed by atoms with Gasteiger partial charge in [0.1, 0.15) is 6.61 Å². The number of para-hydroxylation sites is 2. The number of ether oxygens (including phenoxy) is 1. The number of benzene rings is 2. The lowest BCUT2D eigenvalue weighted by Gasteiger charge is -2.24. The molecule has 0 saturated carbocycles. The molecule has 8 heteroatoms. The van der Waals surface area contributed by atoms with Crippen molar-refractivity contribution in [3.05, 3.63) is 60.7 Å². The fourth-order valence-corrected chi connectivity index (χ4v) is 3.10. The predicted octanol–water partition coefficient (Wildman–Crippen LogP) is 3.03. The van der Waals surface area contributed by atoms with Crippen LogP contribution in [0.2, 0.25) is 0 Å². The number of anilines is 2. The standard InChI is InChI=1S/C15H15ClN2O4S/c16-11-12-22-15(19)17-23(20,21)18(13-7-3-1-4-8-13)14-9-5-2-6-10-14/h1-10H,11-12H2,(H,17,19). The predicted molar refractivity (Wildman–Crippen MR) is 89.1 cm³/mol. The van der Waals surface area contributed by atoms with Crippen molar-refractivity contribution < 1.29 is 17.9 Å². The molecule has 1 N–H and O–H groups in total. The van der Waals surface area contributed by atoms with E-state index in [1.165, 1.54) is 0 Å². The van der Waals surface area contributed by atoms with Gasteiger partial charge in [0.25, 0.3) is 0 Å². The summed E-state index contributed by atoms with van der Waals surface area (Å²) in [7, 11) is -4.19. The topological polar surface area (TPSA) is 75.7 Å². The molecule has 122 valence electrons. The van der Waals surface area contributed by atoms with Crippen LogP contribution in [0.5, 0.6) is 0 Å². The number of hydrogen-bond acceptors (Lipinski definition) is 4. The summed E-state index contributed by atoms with van der Waals surface area (Å²) in [4.78, 5) is 11.6. The lowest BCUT2D eigenvalue weighted by atomic mass is 10.3. The monoisotopic (exact) mass is 354 g/mol.